The van der Waals surface area contributed by atoms with E-state index in [0.29, 0.717) is 17.2 Å². The summed E-state index contributed by atoms with van der Waals surface area (Å²) < 4.78 is 48.7. The third-order valence-electron chi connectivity index (χ3n) is 3.57. The van der Waals surface area contributed by atoms with Crippen LogP contribution >= 0.6 is 12.2 Å². The van der Waals surface area contributed by atoms with Gasteiger partial charge in [0.2, 0.25) is 0 Å². The Hall–Kier alpha value is -2.81. The summed E-state index contributed by atoms with van der Waals surface area (Å²) in [5.74, 6) is 1.14. The lowest BCUT2D eigenvalue weighted by Crippen LogP contribution is -2.25. The molecule has 2 aromatic carbocycles. The Bertz CT molecular complexity index is 854. The van der Waals surface area contributed by atoms with E-state index in [1.54, 1.807) is 25.1 Å². The molecule has 0 aliphatic carbocycles. The molecule has 2 rings (SSSR count). The number of halogens is 3. The summed E-state index contributed by atoms with van der Waals surface area (Å²) in [5.41, 5.74) is 3.42. The molecule has 0 atom stereocenters. The normalized spacial score (nSPS) is 11.7. The number of anilines is 1. The van der Waals surface area contributed by atoms with Gasteiger partial charge in [0.1, 0.15) is 0 Å². The number of hydrogen-bond donors (Lipinski definition) is 2. The topological polar surface area (TPSA) is 54.9 Å². The molecule has 0 amide bonds. The van der Waals surface area contributed by atoms with Gasteiger partial charge < -0.3 is 14.8 Å². The van der Waals surface area contributed by atoms with Crippen LogP contribution < -0.4 is 20.2 Å². The van der Waals surface area contributed by atoms with Crippen molar-refractivity contribution in [1.29, 1.82) is 0 Å². The summed E-state index contributed by atoms with van der Waals surface area (Å²) in [7, 11) is 3.07. The van der Waals surface area contributed by atoms with Crippen molar-refractivity contribution in [2.24, 2.45) is 5.10 Å². The van der Waals surface area contributed by atoms with Crippen LogP contribution in [0.5, 0.6) is 11.5 Å². The van der Waals surface area contributed by atoms with E-state index in [4.69, 9.17) is 21.7 Å². The number of hydrazone groups is 1. The molecule has 0 unspecified atom stereocenters. The molecule has 2 N–H and O–H groups in total. The second-order valence-corrected chi connectivity index (χ2v) is 5.82. The first-order valence-electron chi connectivity index (χ1n) is 7.75. The molecule has 0 radical (unpaired) electrons. The lowest BCUT2D eigenvalue weighted by molar-refractivity contribution is -0.137. The molecule has 0 spiro atoms. The molecule has 0 heterocycles. The highest BCUT2D eigenvalue weighted by Crippen LogP contribution is 2.30. The average molecular weight is 397 g/mol. The summed E-state index contributed by atoms with van der Waals surface area (Å²) >= 11 is 5.07. The van der Waals surface area contributed by atoms with Crippen LogP contribution in [0.2, 0.25) is 0 Å². The molecule has 0 fully saturated rings. The fourth-order valence-corrected chi connectivity index (χ4v) is 2.36. The van der Waals surface area contributed by atoms with E-state index in [0.717, 1.165) is 17.7 Å². The fraction of sp³-hybridized carbons (Fsp3) is 0.222. The van der Waals surface area contributed by atoms with E-state index < -0.39 is 11.7 Å². The summed E-state index contributed by atoms with van der Waals surface area (Å²) in [4.78, 5) is 0. The van der Waals surface area contributed by atoms with Crippen molar-refractivity contribution in [3.05, 3.63) is 53.6 Å². The van der Waals surface area contributed by atoms with Crippen molar-refractivity contribution >= 4 is 28.7 Å². The molecule has 9 heteroatoms. The van der Waals surface area contributed by atoms with Crippen molar-refractivity contribution in [2.45, 2.75) is 13.1 Å². The van der Waals surface area contributed by atoms with Gasteiger partial charge in [0.15, 0.2) is 16.6 Å². The highest BCUT2D eigenvalue weighted by atomic mass is 32.1. The Morgan fingerprint density at radius 3 is 2.37 bits per heavy atom. The summed E-state index contributed by atoms with van der Waals surface area (Å²) in [6.07, 6.45) is -4.42. The molecule has 27 heavy (non-hydrogen) atoms. The lowest BCUT2D eigenvalue weighted by atomic mass is 10.1. The van der Waals surface area contributed by atoms with Gasteiger partial charge in [-0.1, -0.05) is 6.07 Å². The van der Waals surface area contributed by atoms with Crippen LogP contribution in [0.3, 0.4) is 0 Å². The number of thiocarbonyl (C=S) groups is 1. The minimum Gasteiger partial charge on any atom is -0.493 e. The third kappa shape index (κ3) is 5.58. The molecule has 2 aromatic rings. The van der Waals surface area contributed by atoms with E-state index in [2.05, 4.69) is 15.8 Å². The van der Waals surface area contributed by atoms with Gasteiger partial charge >= 0.3 is 6.18 Å². The monoisotopic (exact) mass is 397 g/mol. The first-order valence-corrected chi connectivity index (χ1v) is 8.16. The Kier molecular flexibility index (Phi) is 6.62. The van der Waals surface area contributed by atoms with Crippen LogP contribution in [-0.4, -0.2) is 25.0 Å². The molecule has 144 valence electrons. The van der Waals surface area contributed by atoms with E-state index >= 15 is 0 Å². The first-order chi connectivity index (χ1) is 12.7. The number of rotatable bonds is 5. The van der Waals surface area contributed by atoms with Crippen molar-refractivity contribution in [1.82, 2.24) is 5.43 Å². The van der Waals surface area contributed by atoms with Crippen LogP contribution in [0.1, 0.15) is 18.1 Å². The zero-order valence-electron chi connectivity index (χ0n) is 14.8. The van der Waals surface area contributed by atoms with Gasteiger partial charge in [-0.25, -0.2) is 0 Å². The largest absolute Gasteiger partial charge is 0.493 e. The molecule has 0 saturated heterocycles. The predicted molar refractivity (Wildman–Crippen MR) is 103 cm³/mol. The maximum Gasteiger partial charge on any atom is 0.416 e. The van der Waals surface area contributed by atoms with Gasteiger partial charge in [-0.2, -0.15) is 18.3 Å². The Morgan fingerprint density at radius 2 is 1.74 bits per heavy atom. The maximum absolute atomic E-state index is 12.7. The molecule has 0 aliphatic heterocycles. The Labute approximate surface area is 160 Å². The van der Waals surface area contributed by atoms with Crippen LogP contribution in [0, 0.1) is 0 Å². The van der Waals surface area contributed by atoms with Crippen LogP contribution in [-0.2, 0) is 6.18 Å². The van der Waals surface area contributed by atoms with Crippen molar-refractivity contribution in [2.75, 3.05) is 19.5 Å². The Balaban J connectivity index is 2.06. The fourth-order valence-electron chi connectivity index (χ4n) is 2.19. The molecule has 0 bridgehead atoms. The number of hydrogen-bond acceptors (Lipinski definition) is 4. The first kappa shape index (κ1) is 20.5. The van der Waals surface area contributed by atoms with Crippen LogP contribution in [0.25, 0.3) is 0 Å². The van der Waals surface area contributed by atoms with Crippen molar-refractivity contribution in [3.8, 4) is 11.5 Å². The SMILES string of the molecule is COc1ccc(/C(C)=N/NC(=S)Nc2cccc(C(F)(F)F)c2)cc1OC. The quantitative estimate of drug-likeness (QED) is 0.444. The van der Waals surface area contributed by atoms with Gasteiger partial charge in [-0.05, 0) is 55.5 Å². The highest BCUT2D eigenvalue weighted by Gasteiger charge is 2.30. The number of nitrogens with one attached hydrogen (secondary N) is 2. The molecular formula is C18H18F3N3O2S. The summed E-state index contributed by atoms with van der Waals surface area (Å²) in [5, 5.41) is 6.87. The number of alkyl halides is 3. The Morgan fingerprint density at radius 1 is 1.04 bits per heavy atom. The number of ether oxygens (including phenoxy) is 2. The smallest absolute Gasteiger partial charge is 0.416 e. The van der Waals surface area contributed by atoms with E-state index in [-0.39, 0.29) is 10.8 Å². The summed E-state index contributed by atoms with van der Waals surface area (Å²) in [6, 6.07) is 10.0. The standard InChI is InChI=1S/C18H18F3N3O2S/c1-11(12-7-8-15(25-2)16(9-12)26-3)23-24-17(27)22-14-6-4-5-13(10-14)18(19,20)21/h4-10H,1-3H3,(H2,22,24,27)/b23-11+. The molecule has 0 aromatic heterocycles. The molecule has 5 nitrogen and oxygen atoms in total. The van der Waals surface area contributed by atoms with Crippen molar-refractivity contribution in [3.63, 3.8) is 0 Å². The van der Waals surface area contributed by atoms with Crippen molar-refractivity contribution < 1.29 is 22.6 Å². The zero-order chi connectivity index (χ0) is 20.0. The molecular weight excluding hydrogens is 379 g/mol. The number of benzene rings is 2. The van der Waals surface area contributed by atoms with E-state index in [9.17, 15) is 13.2 Å². The minimum absolute atomic E-state index is 0.0640. The van der Waals surface area contributed by atoms with Gasteiger partial charge in [0.25, 0.3) is 0 Å². The van der Waals surface area contributed by atoms with Crippen LogP contribution in [0.15, 0.2) is 47.6 Å². The van der Waals surface area contributed by atoms with Gasteiger partial charge in [0.05, 0.1) is 25.5 Å². The number of methoxy groups -OCH3 is 2. The second-order valence-electron chi connectivity index (χ2n) is 5.41. The lowest BCUT2D eigenvalue weighted by Gasteiger charge is -2.12. The van der Waals surface area contributed by atoms with Gasteiger partial charge in [-0.3, -0.25) is 5.43 Å². The van der Waals surface area contributed by atoms with E-state index in [1.165, 1.54) is 26.4 Å². The zero-order valence-corrected chi connectivity index (χ0v) is 15.7. The average Bonchev–Trinajstić information content (AvgIpc) is 2.65. The molecule has 0 aliphatic rings. The van der Waals surface area contributed by atoms with E-state index in [1.807, 2.05) is 0 Å². The summed E-state index contributed by atoms with van der Waals surface area (Å²) in [6.45, 7) is 1.75. The van der Waals surface area contributed by atoms with Gasteiger partial charge in [-0.15, -0.1) is 0 Å². The van der Waals surface area contributed by atoms with Crippen LogP contribution in [0.4, 0.5) is 18.9 Å². The molecule has 0 saturated carbocycles. The highest BCUT2D eigenvalue weighted by molar-refractivity contribution is 7.80. The second kappa shape index (κ2) is 8.72. The number of nitrogens with zero attached hydrogens (tertiary/aromatic N) is 1. The maximum atomic E-state index is 12.7. The minimum atomic E-state index is -4.42. The van der Waals surface area contributed by atoms with Gasteiger partial charge in [0, 0.05) is 11.3 Å². The predicted octanol–water partition coefficient (Wildman–Crippen LogP) is 4.43. The third-order valence-corrected chi connectivity index (χ3v) is 3.77.